The molecule has 0 N–H and O–H groups in total. The lowest BCUT2D eigenvalue weighted by Crippen LogP contribution is -2.19. The molecule has 0 atom stereocenters. The third-order valence-corrected chi connectivity index (χ3v) is 2.69. The molecule has 2 aromatic rings. The lowest BCUT2D eigenvalue weighted by atomic mass is 10.2. The van der Waals surface area contributed by atoms with Crippen molar-refractivity contribution in [3.05, 3.63) is 59.7 Å². The third-order valence-electron chi connectivity index (χ3n) is 2.69. The summed E-state index contributed by atoms with van der Waals surface area (Å²) >= 11 is 0. The van der Waals surface area contributed by atoms with Gasteiger partial charge in [-0.05, 0) is 35.9 Å². The minimum absolute atomic E-state index is 0.146. The molecule has 0 saturated heterocycles. The van der Waals surface area contributed by atoms with Crippen LogP contribution in [0.3, 0.4) is 0 Å². The van der Waals surface area contributed by atoms with Crippen molar-refractivity contribution in [3.63, 3.8) is 0 Å². The highest BCUT2D eigenvalue weighted by molar-refractivity contribution is 5.36. The molecule has 0 bridgehead atoms. The fourth-order valence-electron chi connectivity index (χ4n) is 1.67. The fraction of sp³-hybridized carbons (Fsp3) is 0.188. The summed E-state index contributed by atoms with van der Waals surface area (Å²) in [5, 5.41) is 8.79. The Kier molecular flexibility index (Phi) is 4.89. The molecule has 114 valence electrons. The second-order valence-corrected chi connectivity index (χ2v) is 4.48. The molecule has 0 fully saturated rings. The van der Waals surface area contributed by atoms with E-state index in [0.717, 1.165) is 5.56 Å². The van der Waals surface area contributed by atoms with E-state index in [4.69, 9.17) is 10.00 Å². The van der Waals surface area contributed by atoms with E-state index in [1.165, 1.54) is 12.1 Å². The van der Waals surface area contributed by atoms with Crippen LogP contribution in [0.15, 0.2) is 48.5 Å². The van der Waals surface area contributed by atoms with Crippen LogP contribution >= 0.6 is 0 Å². The Labute approximate surface area is 125 Å². The van der Waals surface area contributed by atoms with Gasteiger partial charge in [0.25, 0.3) is 0 Å². The summed E-state index contributed by atoms with van der Waals surface area (Å²) in [4.78, 5) is 0. The van der Waals surface area contributed by atoms with Gasteiger partial charge in [-0.15, -0.1) is 0 Å². The molecule has 0 saturated carbocycles. The Bertz CT molecular complexity index is 660. The van der Waals surface area contributed by atoms with E-state index in [1.807, 2.05) is 6.07 Å². The van der Waals surface area contributed by atoms with E-state index < -0.39 is 12.8 Å². The van der Waals surface area contributed by atoms with Gasteiger partial charge in [-0.3, -0.25) is 0 Å². The molecule has 0 aliphatic carbocycles. The molecule has 0 aliphatic heterocycles. The van der Waals surface area contributed by atoms with Gasteiger partial charge in [0.1, 0.15) is 18.1 Å². The van der Waals surface area contributed by atoms with Crippen molar-refractivity contribution < 1.29 is 22.6 Å². The molecule has 0 aromatic heterocycles. The first-order chi connectivity index (χ1) is 10.5. The number of hydrogen-bond donors (Lipinski definition) is 0. The van der Waals surface area contributed by atoms with Crippen molar-refractivity contribution in [2.45, 2.75) is 12.8 Å². The van der Waals surface area contributed by atoms with E-state index in [9.17, 15) is 13.2 Å². The van der Waals surface area contributed by atoms with Gasteiger partial charge in [-0.25, -0.2) is 0 Å². The first kappa shape index (κ1) is 15.7. The van der Waals surface area contributed by atoms with Crippen molar-refractivity contribution in [1.29, 1.82) is 5.26 Å². The standard InChI is InChI=1S/C16H12F3NO2/c17-16(18,19)11-22-14-6-4-12(5-7-14)10-21-15-3-1-2-13(8-15)9-20/h1-8H,10-11H2. The second-order valence-electron chi connectivity index (χ2n) is 4.48. The van der Waals surface area contributed by atoms with E-state index in [2.05, 4.69) is 4.74 Å². The molecule has 0 heterocycles. The Morgan fingerprint density at radius 2 is 1.68 bits per heavy atom. The van der Waals surface area contributed by atoms with Crippen molar-refractivity contribution in [2.75, 3.05) is 6.61 Å². The van der Waals surface area contributed by atoms with Gasteiger partial charge in [0.05, 0.1) is 11.6 Å². The number of nitriles is 1. The minimum atomic E-state index is -4.35. The zero-order chi connectivity index (χ0) is 16.0. The van der Waals surface area contributed by atoms with E-state index in [0.29, 0.717) is 11.3 Å². The van der Waals surface area contributed by atoms with Crippen molar-refractivity contribution in [1.82, 2.24) is 0 Å². The zero-order valence-corrected chi connectivity index (χ0v) is 11.4. The molecule has 6 heteroatoms. The SMILES string of the molecule is N#Cc1cccc(OCc2ccc(OCC(F)(F)F)cc2)c1. The number of ether oxygens (including phenoxy) is 2. The minimum Gasteiger partial charge on any atom is -0.489 e. The van der Waals surface area contributed by atoms with Crippen molar-refractivity contribution in [2.24, 2.45) is 0 Å². The maximum absolute atomic E-state index is 12.0. The first-order valence-electron chi connectivity index (χ1n) is 6.38. The lowest BCUT2D eigenvalue weighted by molar-refractivity contribution is -0.153. The summed E-state index contributed by atoms with van der Waals surface area (Å²) < 4.78 is 46.2. The predicted octanol–water partition coefficient (Wildman–Crippen LogP) is 4.08. The molecule has 0 unspecified atom stereocenters. The molecule has 0 amide bonds. The Morgan fingerprint density at radius 3 is 2.32 bits per heavy atom. The van der Waals surface area contributed by atoms with Crippen LogP contribution in [0, 0.1) is 11.3 Å². The molecule has 2 rings (SSSR count). The van der Waals surface area contributed by atoms with Gasteiger partial charge >= 0.3 is 6.18 Å². The van der Waals surface area contributed by atoms with Gasteiger partial charge in [0.2, 0.25) is 0 Å². The molecule has 3 nitrogen and oxygen atoms in total. The molecule has 0 aliphatic rings. The van der Waals surface area contributed by atoms with Gasteiger partial charge in [0, 0.05) is 0 Å². The molecule has 0 spiro atoms. The Balaban J connectivity index is 1.90. The molecule has 22 heavy (non-hydrogen) atoms. The number of benzene rings is 2. The average molecular weight is 307 g/mol. The smallest absolute Gasteiger partial charge is 0.422 e. The quantitative estimate of drug-likeness (QED) is 0.836. The summed E-state index contributed by atoms with van der Waals surface area (Å²) in [6, 6.07) is 14.9. The van der Waals surface area contributed by atoms with Crippen LogP contribution in [0.25, 0.3) is 0 Å². The van der Waals surface area contributed by atoms with E-state index >= 15 is 0 Å². The van der Waals surface area contributed by atoms with Crippen LogP contribution in [0.2, 0.25) is 0 Å². The maximum atomic E-state index is 12.0. The van der Waals surface area contributed by atoms with E-state index in [-0.39, 0.29) is 12.4 Å². The fourth-order valence-corrected chi connectivity index (χ4v) is 1.67. The molecule has 0 radical (unpaired) electrons. The molecule has 2 aromatic carbocycles. The first-order valence-corrected chi connectivity index (χ1v) is 6.38. The largest absolute Gasteiger partial charge is 0.489 e. The average Bonchev–Trinajstić information content (AvgIpc) is 2.51. The van der Waals surface area contributed by atoms with Crippen LogP contribution in [0.1, 0.15) is 11.1 Å². The molecular formula is C16H12F3NO2. The van der Waals surface area contributed by atoms with Gasteiger partial charge < -0.3 is 9.47 Å². The van der Waals surface area contributed by atoms with Crippen molar-refractivity contribution >= 4 is 0 Å². The van der Waals surface area contributed by atoms with Crippen LogP contribution < -0.4 is 9.47 Å². The summed E-state index contributed by atoms with van der Waals surface area (Å²) in [7, 11) is 0. The highest BCUT2D eigenvalue weighted by atomic mass is 19.4. The van der Waals surface area contributed by atoms with E-state index in [1.54, 1.807) is 36.4 Å². The lowest BCUT2D eigenvalue weighted by Gasteiger charge is -2.10. The summed E-state index contributed by atoms with van der Waals surface area (Å²) in [6.07, 6.45) is -4.35. The third kappa shape index (κ3) is 5.02. The number of alkyl halides is 3. The normalized spacial score (nSPS) is 10.8. The number of rotatable bonds is 5. The maximum Gasteiger partial charge on any atom is 0.422 e. The van der Waals surface area contributed by atoms with Gasteiger partial charge in [-0.2, -0.15) is 18.4 Å². The van der Waals surface area contributed by atoms with Crippen LogP contribution in [-0.4, -0.2) is 12.8 Å². The molecular weight excluding hydrogens is 295 g/mol. The monoisotopic (exact) mass is 307 g/mol. The summed E-state index contributed by atoms with van der Waals surface area (Å²) in [6.45, 7) is -1.07. The highest BCUT2D eigenvalue weighted by Crippen LogP contribution is 2.20. The van der Waals surface area contributed by atoms with Crippen molar-refractivity contribution in [3.8, 4) is 17.6 Å². The van der Waals surface area contributed by atoms with Gasteiger partial charge in [0.15, 0.2) is 6.61 Å². The number of nitrogens with zero attached hydrogens (tertiary/aromatic N) is 1. The predicted molar refractivity (Wildman–Crippen MR) is 73.5 cm³/mol. The number of halogens is 3. The summed E-state index contributed by atoms with van der Waals surface area (Å²) in [5.41, 5.74) is 1.27. The summed E-state index contributed by atoms with van der Waals surface area (Å²) in [5.74, 6) is 0.698. The second kappa shape index (κ2) is 6.85. The highest BCUT2D eigenvalue weighted by Gasteiger charge is 2.28. The Morgan fingerprint density at radius 1 is 0.955 bits per heavy atom. The Hall–Kier alpha value is -2.68. The zero-order valence-electron chi connectivity index (χ0n) is 11.4. The topological polar surface area (TPSA) is 42.2 Å². The van der Waals surface area contributed by atoms with Crippen LogP contribution in [0.4, 0.5) is 13.2 Å². The van der Waals surface area contributed by atoms with Gasteiger partial charge in [-0.1, -0.05) is 18.2 Å². The van der Waals surface area contributed by atoms with Crippen LogP contribution in [-0.2, 0) is 6.61 Å². The van der Waals surface area contributed by atoms with Crippen LogP contribution in [0.5, 0.6) is 11.5 Å². The number of hydrogen-bond acceptors (Lipinski definition) is 3.